The highest BCUT2D eigenvalue weighted by molar-refractivity contribution is 6.32. The third-order valence-electron chi connectivity index (χ3n) is 3.07. The number of benzene rings is 1. The Kier molecular flexibility index (Phi) is 4.81. The number of rotatable bonds is 2. The minimum Gasteiger partial charge on any atom is -0.497 e. The summed E-state index contributed by atoms with van der Waals surface area (Å²) in [4.78, 5) is 25.7. The Morgan fingerprint density at radius 1 is 1.25 bits per heavy atom. The number of hydrogen-bond donors (Lipinski definition) is 1. The number of ether oxygens (including phenoxy) is 1. The van der Waals surface area contributed by atoms with Crippen LogP contribution in [0.25, 0.3) is 0 Å². The van der Waals surface area contributed by atoms with Crippen molar-refractivity contribution in [3.05, 3.63) is 29.8 Å². The molecule has 0 bridgehead atoms. The fourth-order valence-corrected chi connectivity index (χ4v) is 2.12. The molecule has 0 aromatic heterocycles. The lowest BCUT2D eigenvalue weighted by molar-refractivity contribution is 0.0857. The van der Waals surface area contributed by atoms with Crippen LogP contribution in [0.15, 0.2) is 24.3 Å². The minimum atomic E-state index is -0.544. The second-order valence-corrected chi connectivity index (χ2v) is 4.67. The number of piperazine rings is 1. The Balaban J connectivity index is 2.04. The van der Waals surface area contributed by atoms with E-state index >= 15 is 0 Å². The molecule has 20 heavy (non-hydrogen) atoms. The van der Waals surface area contributed by atoms with Crippen molar-refractivity contribution < 1.29 is 14.3 Å². The van der Waals surface area contributed by atoms with Gasteiger partial charge in [-0.15, -0.1) is 0 Å². The molecule has 2 rings (SSSR count). The molecule has 1 aliphatic heterocycles. The van der Waals surface area contributed by atoms with Gasteiger partial charge in [0.1, 0.15) is 5.75 Å². The van der Waals surface area contributed by atoms with E-state index in [1.165, 1.54) is 0 Å². The third-order valence-corrected chi connectivity index (χ3v) is 3.37. The Hall–Kier alpha value is -1.79. The lowest BCUT2D eigenvalue weighted by atomic mass is 10.2. The van der Waals surface area contributed by atoms with Gasteiger partial charge in [-0.3, -0.25) is 4.79 Å². The smallest absolute Gasteiger partial charge is 0.342 e. The first-order chi connectivity index (χ1) is 9.63. The van der Waals surface area contributed by atoms with E-state index in [4.69, 9.17) is 16.5 Å². The van der Waals surface area contributed by atoms with Crippen LogP contribution in [0, 0.1) is 0 Å². The lowest BCUT2D eigenvalue weighted by Crippen LogP contribution is -2.50. The standard InChI is InChI=1S/C13H16ClN3O3/c1-20-11-4-2-10(3-5-11)12(18)17(14)13(19)16-8-6-15-7-9-16/h2-5,15H,6-9H2,1H3. The summed E-state index contributed by atoms with van der Waals surface area (Å²) in [5.74, 6) is 0.0916. The summed E-state index contributed by atoms with van der Waals surface area (Å²) in [6, 6.07) is 5.94. The van der Waals surface area contributed by atoms with Crippen molar-refractivity contribution in [3.63, 3.8) is 0 Å². The molecule has 0 radical (unpaired) electrons. The van der Waals surface area contributed by atoms with Crippen LogP contribution >= 0.6 is 11.8 Å². The number of carbonyl (C=O) groups excluding carboxylic acids is 2. The number of imide groups is 1. The number of urea groups is 1. The molecule has 0 atom stereocenters. The number of nitrogens with one attached hydrogen (secondary N) is 1. The topological polar surface area (TPSA) is 61.9 Å². The highest BCUT2D eigenvalue weighted by Crippen LogP contribution is 2.15. The summed E-state index contributed by atoms with van der Waals surface area (Å²) in [6.07, 6.45) is 0. The fourth-order valence-electron chi connectivity index (χ4n) is 1.91. The normalized spacial score (nSPS) is 14.8. The Morgan fingerprint density at radius 3 is 2.40 bits per heavy atom. The van der Waals surface area contributed by atoms with E-state index in [-0.39, 0.29) is 0 Å². The van der Waals surface area contributed by atoms with Crippen LogP contribution in [0.3, 0.4) is 0 Å². The second-order valence-electron chi connectivity index (χ2n) is 4.33. The van der Waals surface area contributed by atoms with Crippen molar-refractivity contribution in [2.45, 2.75) is 0 Å². The van der Waals surface area contributed by atoms with E-state index in [0.29, 0.717) is 41.9 Å². The lowest BCUT2D eigenvalue weighted by Gasteiger charge is -2.29. The van der Waals surface area contributed by atoms with Gasteiger partial charge in [-0.2, -0.15) is 4.42 Å². The molecule has 1 N–H and O–H groups in total. The molecule has 0 spiro atoms. The molecule has 3 amide bonds. The van der Waals surface area contributed by atoms with Gasteiger partial charge in [-0.05, 0) is 24.3 Å². The van der Waals surface area contributed by atoms with Crippen molar-refractivity contribution in [1.29, 1.82) is 0 Å². The number of hydrogen-bond acceptors (Lipinski definition) is 4. The molecule has 0 saturated carbocycles. The van der Waals surface area contributed by atoms with Crippen LogP contribution in [-0.2, 0) is 0 Å². The molecule has 7 heteroatoms. The van der Waals surface area contributed by atoms with Crippen LogP contribution in [0.2, 0.25) is 0 Å². The van der Waals surface area contributed by atoms with Gasteiger partial charge in [-0.25, -0.2) is 4.79 Å². The predicted octanol–water partition coefficient (Wildman–Crippen LogP) is 1.32. The van der Waals surface area contributed by atoms with Crippen LogP contribution < -0.4 is 10.1 Å². The summed E-state index contributed by atoms with van der Waals surface area (Å²) in [7, 11) is 1.54. The highest BCUT2D eigenvalue weighted by atomic mass is 35.5. The molecular weight excluding hydrogens is 282 g/mol. The number of halogens is 1. The largest absolute Gasteiger partial charge is 0.497 e. The molecule has 1 aromatic carbocycles. The maximum absolute atomic E-state index is 12.1. The molecule has 6 nitrogen and oxygen atoms in total. The van der Waals surface area contributed by atoms with Gasteiger partial charge in [0, 0.05) is 43.5 Å². The maximum Gasteiger partial charge on any atom is 0.342 e. The van der Waals surface area contributed by atoms with Gasteiger partial charge in [0.25, 0.3) is 5.91 Å². The van der Waals surface area contributed by atoms with Crippen LogP contribution in [0.5, 0.6) is 5.75 Å². The molecule has 1 aromatic rings. The zero-order valence-electron chi connectivity index (χ0n) is 11.1. The maximum atomic E-state index is 12.1. The number of carbonyl (C=O) groups is 2. The van der Waals surface area contributed by atoms with Crippen LogP contribution in [0.4, 0.5) is 4.79 Å². The van der Waals surface area contributed by atoms with Gasteiger partial charge < -0.3 is 15.0 Å². The Morgan fingerprint density at radius 2 is 1.85 bits per heavy atom. The first-order valence-electron chi connectivity index (χ1n) is 6.27. The molecule has 1 fully saturated rings. The van der Waals surface area contributed by atoms with E-state index < -0.39 is 11.9 Å². The third kappa shape index (κ3) is 3.20. The molecular formula is C13H16ClN3O3. The highest BCUT2D eigenvalue weighted by Gasteiger charge is 2.27. The Bertz CT molecular complexity index is 486. The van der Waals surface area contributed by atoms with Crippen molar-refractivity contribution in [2.24, 2.45) is 0 Å². The van der Waals surface area contributed by atoms with Gasteiger partial charge in [0.05, 0.1) is 7.11 Å². The SMILES string of the molecule is COc1ccc(C(=O)N(Cl)C(=O)N2CCNCC2)cc1. The fraction of sp³-hybridized carbons (Fsp3) is 0.385. The van der Waals surface area contributed by atoms with Crippen molar-refractivity contribution in [2.75, 3.05) is 33.3 Å². The van der Waals surface area contributed by atoms with Crippen molar-refractivity contribution in [1.82, 2.24) is 14.6 Å². The van der Waals surface area contributed by atoms with Crippen LogP contribution in [0.1, 0.15) is 10.4 Å². The van der Waals surface area contributed by atoms with E-state index in [9.17, 15) is 9.59 Å². The minimum absolute atomic E-state index is 0.337. The average molecular weight is 298 g/mol. The van der Waals surface area contributed by atoms with Crippen molar-refractivity contribution >= 4 is 23.7 Å². The van der Waals surface area contributed by atoms with Crippen LogP contribution in [-0.4, -0.2) is 54.5 Å². The van der Waals surface area contributed by atoms with E-state index in [2.05, 4.69) is 5.32 Å². The summed E-state index contributed by atoms with van der Waals surface area (Å²) in [5.41, 5.74) is 0.337. The molecule has 1 aliphatic rings. The van der Waals surface area contributed by atoms with Gasteiger partial charge in [0.2, 0.25) is 0 Å². The predicted molar refractivity (Wildman–Crippen MR) is 74.9 cm³/mol. The quantitative estimate of drug-likeness (QED) is 0.836. The van der Waals surface area contributed by atoms with E-state index in [1.54, 1.807) is 36.3 Å². The first kappa shape index (κ1) is 14.6. The Labute approximate surface area is 122 Å². The average Bonchev–Trinajstić information content (AvgIpc) is 2.53. The second kappa shape index (κ2) is 6.58. The monoisotopic (exact) mass is 297 g/mol. The number of methoxy groups -OCH3 is 1. The van der Waals surface area contributed by atoms with Gasteiger partial charge in [0.15, 0.2) is 0 Å². The summed E-state index contributed by atoms with van der Waals surface area (Å²) in [5, 5.41) is 3.13. The van der Waals surface area contributed by atoms with E-state index in [0.717, 1.165) is 0 Å². The molecule has 1 heterocycles. The molecule has 0 aliphatic carbocycles. The first-order valence-corrected chi connectivity index (χ1v) is 6.61. The summed E-state index contributed by atoms with van der Waals surface area (Å²) < 4.78 is 5.64. The zero-order chi connectivity index (χ0) is 14.5. The molecule has 0 unspecified atom stereocenters. The number of amides is 3. The van der Waals surface area contributed by atoms with Gasteiger partial charge >= 0.3 is 6.03 Å². The summed E-state index contributed by atoms with van der Waals surface area (Å²) >= 11 is 5.86. The molecule has 108 valence electrons. The molecule has 1 saturated heterocycles. The zero-order valence-corrected chi connectivity index (χ0v) is 11.9. The van der Waals surface area contributed by atoms with Gasteiger partial charge in [-0.1, -0.05) is 0 Å². The van der Waals surface area contributed by atoms with E-state index in [1.807, 2.05) is 0 Å². The summed E-state index contributed by atoms with van der Waals surface area (Å²) in [6.45, 7) is 2.48. The number of nitrogens with zero attached hydrogens (tertiary/aromatic N) is 2. The van der Waals surface area contributed by atoms with Crippen molar-refractivity contribution in [3.8, 4) is 5.75 Å².